The van der Waals surface area contributed by atoms with Crippen LogP contribution in [0, 0.1) is 12.3 Å². The maximum Gasteiger partial charge on any atom is 0.00986 e. The zero-order chi connectivity index (χ0) is 7.52. The first-order valence-corrected chi connectivity index (χ1v) is 5.02. The van der Waals surface area contributed by atoms with Gasteiger partial charge in [0.1, 0.15) is 0 Å². The van der Waals surface area contributed by atoms with E-state index in [2.05, 4.69) is 11.7 Å². The topological polar surface area (TPSA) is 12.0 Å². The molecule has 0 aromatic carbocycles. The molecule has 2 fully saturated rings. The molecule has 0 saturated heterocycles. The van der Waals surface area contributed by atoms with E-state index in [1.54, 1.807) is 0 Å². The van der Waals surface area contributed by atoms with Crippen LogP contribution < -0.4 is 5.32 Å². The Hall–Kier alpha value is -0.0400. The Morgan fingerprint density at radius 3 is 2.73 bits per heavy atom. The van der Waals surface area contributed by atoms with Crippen molar-refractivity contribution in [1.29, 1.82) is 0 Å². The van der Waals surface area contributed by atoms with Crippen molar-refractivity contribution >= 4 is 0 Å². The average Bonchev–Trinajstić information content (AvgIpc) is 2.86. The van der Waals surface area contributed by atoms with Gasteiger partial charge in [0.15, 0.2) is 0 Å². The van der Waals surface area contributed by atoms with E-state index < -0.39 is 0 Å². The van der Waals surface area contributed by atoms with Crippen LogP contribution in [0.15, 0.2) is 0 Å². The molecule has 0 aromatic rings. The summed E-state index contributed by atoms with van der Waals surface area (Å²) < 4.78 is 0. The van der Waals surface area contributed by atoms with Gasteiger partial charge in [0.2, 0.25) is 0 Å². The molecule has 1 unspecified atom stereocenters. The van der Waals surface area contributed by atoms with Crippen LogP contribution in [0.4, 0.5) is 0 Å². The van der Waals surface area contributed by atoms with Crippen molar-refractivity contribution < 1.29 is 0 Å². The van der Waals surface area contributed by atoms with Crippen LogP contribution >= 0.6 is 0 Å². The molecule has 1 radical (unpaired) electrons. The van der Waals surface area contributed by atoms with Gasteiger partial charge in [-0.3, -0.25) is 0 Å². The average molecular weight is 152 g/mol. The lowest BCUT2D eigenvalue weighted by molar-refractivity contribution is 0.440. The largest absolute Gasteiger partial charge is 0.313 e. The van der Waals surface area contributed by atoms with Crippen LogP contribution in [0.5, 0.6) is 0 Å². The van der Waals surface area contributed by atoms with Gasteiger partial charge in [-0.1, -0.05) is 12.8 Å². The highest BCUT2D eigenvalue weighted by atomic mass is 14.9. The zero-order valence-electron chi connectivity index (χ0n) is 7.18. The minimum Gasteiger partial charge on any atom is -0.313 e. The minimum atomic E-state index is 0.754. The van der Waals surface area contributed by atoms with E-state index in [0.717, 1.165) is 12.0 Å². The van der Waals surface area contributed by atoms with Crippen molar-refractivity contribution in [2.75, 3.05) is 6.54 Å². The predicted molar refractivity (Wildman–Crippen MR) is 47.3 cm³/mol. The molecular formula is C10H18N. The summed E-state index contributed by atoms with van der Waals surface area (Å²) in [7, 11) is 0. The molecule has 1 atom stereocenters. The first kappa shape index (κ1) is 7.60. The Kier molecular flexibility index (Phi) is 2.47. The molecule has 1 heteroatoms. The third-order valence-corrected chi connectivity index (χ3v) is 2.79. The highest BCUT2D eigenvalue weighted by molar-refractivity contribution is 4.88. The smallest absolute Gasteiger partial charge is 0.00986 e. The molecule has 2 aliphatic carbocycles. The summed E-state index contributed by atoms with van der Waals surface area (Å²) in [6.45, 7) is 1.28. The van der Waals surface area contributed by atoms with Gasteiger partial charge in [-0.05, 0) is 44.6 Å². The first-order chi connectivity index (χ1) is 5.45. The fourth-order valence-corrected chi connectivity index (χ4v) is 1.77. The van der Waals surface area contributed by atoms with Crippen molar-refractivity contribution in [3.63, 3.8) is 0 Å². The van der Waals surface area contributed by atoms with Gasteiger partial charge in [-0.15, -0.1) is 0 Å². The summed E-state index contributed by atoms with van der Waals surface area (Å²) in [6, 6.07) is 0.754. The normalized spacial score (nSPS) is 27.3. The zero-order valence-corrected chi connectivity index (χ0v) is 7.18. The quantitative estimate of drug-likeness (QED) is 0.653. The summed E-state index contributed by atoms with van der Waals surface area (Å²) in [5.74, 6) is 1.03. The second-order valence-electron chi connectivity index (χ2n) is 3.98. The van der Waals surface area contributed by atoms with Gasteiger partial charge in [0.25, 0.3) is 0 Å². The lowest BCUT2D eigenvalue weighted by Gasteiger charge is -2.22. The van der Waals surface area contributed by atoms with Crippen molar-refractivity contribution in [2.24, 2.45) is 5.92 Å². The Labute approximate surface area is 69.6 Å². The standard InChI is InChI=1S/C10H18N/c1-2-4-10(5-3-1)11-8-9-6-7-9/h4,9-11H,1-3,5-8H2. The number of hydrogen-bond donors (Lipinski definition) is 1. The van der Waals surface area contributed by atoms with Crippen molar-refractivity contribution in [1.82, 2.24) is 5.32 Å². The van der Waals surface area contributed by atoms with Crippen LogP contribution in [0.25, 0.3) is 0 Å². The second kappa shape index (κ2) is 3.57. The Morgan fingerprint density at radius 1 is 1.18 bits per heavy atom. The summed E-state index contributed by atoms with van der Waals surface area (Å²) in [4.78, 5) is 0. The van der Waals surface area contributed by atoms with Crippen LogP contribution in [-0.4, -0.2) is 12.6 Å². The van der Waals surface area contributed by atoms with E-state index >= 15 is 0 Å². The molecule has 2 saturated carbocycles. The van der Waals surface area contributed by atoms with E-state index in [-0.39, 0.29) is 0 Å². The molecule has 0 aliphatic heterocycles. The Morgan fingerprint density at radius 2 is 2.09 bits per heavy atom. The molecule has 2 aliphatic rings. The second-order valence-corrected chi connectivity index (χ2v) is 3.98. The van der Waals surface area contributed by atoms with Gasteiger partial charge in [-0.2, -0.15) is 0 Å². The summed E-state index contributed by atoms with van der Waals surface area (Å²) >= 11 is 0. The van der Waals surface area contributed by atoms with Gasteiger partial charge in [0, 0.05) is 6.04 Å². The van der Waals surface area contributed by atoms with E-state index in [0.29, 0.717) is 0 Å². The van der Waals surface area contributed by atoms with Gasteiger partial charge in [0.05, 0.1) is 0 Å². The highest BCUT2D eigenvalue weighted by Gasteiger charge is 2.22. The molecule has 1 N–H and O–H groups in total. The Bertz CT molecular complexity index is 112. The van der Waals surface area contributed by atoms with Crippen LogP contribution in [0.1, 0.15) is 38.5 Å². The molecule has 63 valence electrons. The van der Waals surface area contributed by atoms with E-state index in [1.807, 2.05) is 0 Å². The molecule has 0 bridgehead atoms. The molecule has 0 spiro atoms. The highest BCUT2D eigenvalue weighted by Crippen LogP contribution is 2.28. The molecule has 0 amide bonds. The van der Waals surface area contributed by atoms with E-state index in [1.165, 1.54) is 45.1 Å². The monoisotopic (exact) mass is 152 g/mol. The first-order valence-electron chi connectivity index (χ1n) is 5.02. The summed E-state index contributed by atoms with van der Waals surface area (Å²) in [5, 5.41) is 3.63. The molecule has 0 heterocycles. The van der Waals surface area contributed by atoms with Crippen molar-refractivity contribution in [3.8, 4) is 0 Å². The van der Waals surface area contributed by atoms with E-state index in [4.69, 9.17) is 0 Å². The lowest BCUT2D eigenvalue weighted by atomic mass is 9.95. The van der Waals surface area contributed by atoms with Crippen LogP contribution in [-0.2, 0) is 0 Å². The van der Waals surface area contributed by atoms with E-state index in [9.17, 15) is 0 Å². The maximum absolute atomic E-state index is 3.63. The molecule has 2 rings (SSSR count). The van der Waals surface area contributed by atoms with Gasteiger partial charge in [-0.25, -0.2) is 0 Å². The predicted octanol–water partition coefficient (Wildman–Crippen LogP) is 2.13. The third kappa shape index (κ3) is 2.48. The number of hydrogen-bond acceptors (Lipinski definition) is 1. The fraction of sp³-hybridized carbons (Fsp3) is 0.900. The van der Waals surface area contributed by atoms with Crippen LogP contribution in [0.2, 0.25) is 0 Å². The summed E-state index contributed by atoms with van der Waals surface area (Å²) in [6.07, 6.45) is 11.0. The molecule has 11 heavy (non-hydrogen) atoms. The van der Waals surface area contributed by atoms with Crippen LogP contribution in [0.3, 0.4) is 0 Å². The van der Waals surface area contributed by atoms with Crippen molar-refractivity contribution in [3.05, 3.63) is 6.42 Å². The number of nitrogens with one attached hydrogen (secondary N) is 1. The SMILES string of the molecule is [CH]1CCCCC1NCC1CC1. The fourth-order valence-electron chi connectivity index (χ4n) is 1.77. The summed E-state index contributed by atoms with van der Waals surface area (Å²) in [5.41, 5.74) is 0. The molecular weight excluding hydrogens is 134 g/mol. The molecule has 1 nitrogen and oxygen atoms in total. The lowest BCUT2D eigenvalue weighted by Crippen LogP contribution is -2.32. The van der Waals surface area contributed by atoms with Gasteiger partial charge < -0.3 is 5.32 Å². The van der Waals surface area contributed by atoms with Gasteiger partial charge >= 0.3 is 0 Å². The van der Waals surface area contributed by atoms with Crippen molar-refractivity contribution in [2.45, 2.75) is 44.6 Å². The Balaban J connectivity index is 1.59. The third-order valence-electron chi connectivity index (χ3n) is 2.79. The maximum atomic E-state index is 3.63. The minimum absolute atomic E-state index is 0.754. The number of rotatable bonds is 3. The molecule has 0 aromatic heterocycles.